The average Bonchev–Trinajstić information content (AvgIpc) is 2.21. The minimum atomic E-state index is 0.533. The lowest BCUT2D eigenvalue weighted by molar-refractivity contribution is 0.158. The topological polar surface area (TPSA) is 34.1 Å². The molecule has 0 aromatic carbocycles. The van der Waals surface area contributed by atoms with E-state index >= 15 is 0 Å². The lowest BCUT2D eigenvalue weighted by atomic mass is 10.2. The number of hydrogen-bond acceptors (Lipinski definition) is 3. The van der Waals surface area contributed by atoms with Crippen LogP contribution in [0, 0.1) is 5.92 Å². The van der Waals surface area contributed by atoms with E-state index < -0.39 is 0 Å². The molecule has 0 aliphatic rings. The number of hydrogen-bond donors (Lipinski definition) is 1. The van der Waals surface area contributed by atoms with Crippen molar-refractivity contribution in [3.8, 4) is 0 Å². The van der Waals surface area contributed by atoms with Gasteiger partial charge in [-0.15, -0.1) is 0 Å². The van der Waals surface area contributed by atoms with E-state index in [1.54, 1.807) is 7.11 Å². The average molecular weight is 273 g/mol. The summed E-state index contributed by atoms with van der Waals surface area (Å²) in [5.74, 6) is 0.533. The molecule has 1 aromatic rings. The van der Waals surface area contributed by atoms with Crippen LogP contribution in [0.4, 0.5) is 0 Å². The predicted octanol–water partition coefficient (Wildman–Crippen LogP) is 2.22. The minimum Gasteiger partial charge on any atom is -0.384 e. The molecular weight excluding hydrogens is 256 g/mol. The lowest BCUT2D eigenvalue weighted by Crippen LogP contribution is -2.23. The zero-order chi connectivity index (χ0) is 11.1. The summed E-state index contributed by atoms with van der Waals surface area (Å²) in [5, 5.41) is 3.35. The molecule has 4 heteroatoms. The Labute approximate surface area is 99.4 Å². The van der Waals surface area contributed by atoms with E-state index in [2.05, 4.69) is 33.2 Å². The number of aromatic nitrogens is 1. The van der Waals surface area contributed by atoms with E-state index in [0.29, 0.717) is 5.92 Å². The van der Waals surface area contributed by atoms with Gasteiger partial charge in [-0.1, -0.05) is 6.92 Å². The van der Waals surface area contributed by atoms with Crippen molar-refractivity contribution in [1.29, 1.82) is 0 Å². The Morgan fingerprint density at radius 3 is 2.93 bits per heavy atom. The van der Waals surface area contributed by atoms with E-state index in [1.165, 1.54) is 0 Å². The zero-order valence-electron chi connectivity index (χ0n) is 9.16. The van der Waals surface area contributed by atoms with Gasteiger partial charge < -0.3 is 10.1 Å². The summed E-state index contributed by atoms with van der Waals surface area (Å²) in [5.41, 5.74) is 1.06. The maximum atomic E-state index is 5.06. The standard InChI is InChI=1S/C11H17BrN2O/c1-9(8-15-2)5-13-7-11-4-3-10(12)6-14-11/h3-4,6,9,13H,5,7-8H2,1-2H3. The Bertz CT molecular complexity index is 276. The van der Waals surface area contributed by atoms with Crippen LogP contribution in [-0.4, -0.2) is 25.2 Å². The van der Waals surface area contributed by atoms with E-state index in [-0.39, 0.29) is 0 Å². The Morgan fingerprint density at radius 2 is 2.33 bits per heavy atom. The third-order valence-electron chi connectivity index (χ3n) is 2.04. The van der Waals surface area contributed by atoms with Crippen molar-refractivity contribution in [2.24, 2.45) is 5.92 Å². The molecule has 1 aromatic heterocycles. The first-order chi connectivity index (χ1) is 7.22. The maximum Gasteiger partial charge on any atom is 0.0542 e. The normalized spacial score (nSPS) is 12.7. The summed E-state index contributed by atoms with van der Waals surface area (Å²) in [4.78, 5) is 4.28. The third kappa shape index (κ3) is 5.25. The van der Waals surface area contributed by atoms with Crippen molar-refractivity contribution in [1.82, 2.24) is 10.3 Å². The van der Waals surface area contributed by atoms with Crippen LogP contribution in [0.3, 0.4) is 0 Å². The molecule has 1 heterocycles. The molecule has 3 nitrogen and oxygen atoms in total. The van der Waals surface area contributed by atoms with Gasteiger partial charge in [0.1, 0.15) is 0 Å². The molecule has 15 heavy (non-hydrogen) atoms. The summed E-state index contributed by atoms with van der Waals surface area (Å²) >= 11 is 3.36. The summed E-state index contributed by atoms with van der Waals surface area (Å²) in [7, 11) is 1.73. The van der Waals surface area contributed by atoms with E-state index in [1.807, 2.05) is 18.3 Å². The smallest absolute Gasteiger partial charge is 0.0542 e. The van der Waals surface area contributed by atoms with Crippen LogP contribution in [0.2, 0.25) is 0 Å². The molecule has 0 aliphatic carbocycles. The Balaban J connectivity index is 2.22. The lowest BCUT2D eigenvalue weighted by Gasteiger charge is -2.10. The van der Waals surface area contributed by atoms with Gasteiger partial charge in [0.2, 0.25) is 0 Å². The molecule has 0 bridgehead atoms. The molecule has 1 unspecified atom stereocenters. The number of nitrogens with one attached hydrogen (secondary N) is 1. The second kappa shape index (κ2) is 6.93. The summed E-state index contributed by atoms with van der Waals surface area (Å²) in [6.07, 6.45) is 1.82. The van der Waals surface area contributed by atoms with Crippen molar-refractivity contribution in [3.63, 3.8) is 0 Å². The molecule has 1 N–H and O–H groups in total. The fourth-order valence-electron chi connectivity index (χ4n) is 1.30. The highest BCUT2D eigenvalue weighted by atomic mass is 79.9. The molecule has 1 atom stereocenters. The number of pyridine rings is 1. The Kier molecular flexibility index (Phi) is 5.83. The van der Waals surface area contributed by atoms with Gasteiger partial charge in [0.25, 0.3) is 0 Å². The van der Waals surface area contributed by atoms with E-state index in [9.17, 15) is 0 Å². The van der Waals surface area contributed by atoms with Gasteiger partial charge in [0.15, 0.2) is 0 Å². The van der Waals surface area contributed by atoms with Gasteiger partial charge in [-0.25, -0.2) is 0 Å². The van der Waals surface area contributed by atoms with Crippen molar-refractivity contribution < 1.29 is 4.74 Å². The minimum absolute atomic E-state index is 0.533. The van der Waals surface area contributed by atoms with Gasteiger partial charge in [0.05, 0.1) is 5.69 Å². The molecule has 0 amide bonds. The molecular formula is C11H17BrN2O. The first kappa shape index (κ1) is 12.6. The molecule has 0 aliphatic heterocycles. The molecule has 1 rings (SSSR count). The van der Waals surface area contributed by atoms with Gasteiger partial charge in [-0.2, -0.15) is 0 Å². The highest BCUT2D eigenvalue weighted by molar-refractivity contribution is 9.10. The van der Waals surface area contributed by atoms with E-state index in [4.69, 9.17) is 4.74 Å². The second-order valence-corrected chi connectivity index (χ2v) is 4.57. The van der Waals surface area contributed by atoms with Crippen molar-refractivity contribution in [2.75, 3.05) is 20.3 Å². The molecule has 0 spiro atoms. The van der Waals surface area contributed by atoms with Crippen LogP contribution < -0.4 is 5.32 Å². The number of rotatable bonds is 6. The van der Waals surface area contributed by atoms with Crippen LogP contribution in [0.5, 0.6) is 0 Å². The van der Waals surface area contributed by atoms with Crippen molar-refractivity contribution in [2.45, 2.75) is 13.5 Å². The van der Waals surface area contributed by atoms with Crippen LogP contribution in [-0.2, 0) is 11.3 Å². The SMILES string of the molecule is COCC(C)CNCc1ccc(Br)cn1. The first-order valence-electron chi connectivity index (χ1n) is 5.02. The van der Waals surface area contributed by atoms with Crippen molar-refractivity contribution >= 4 is 15.9 Å². The maximum absolute atomic E-state index is 5.06. The van der Waals surface area contributed by atoms with Crippen LogP contribution in [0.15, 0.2) is 22.8 Å². The zero-order valence-corrected chi connectivity index (χ0v) is 10.8. The number of methoxy groups -OCH3 is 1. The molecule has 84 valence electrons. The van der Waals surface area contributed by atoms with Gasteiger partial charge >= 0.3 is 0 Å². The number of halogens is 1. The largest absolute Gasteiger partial charge is 0.384 e. The summed E-state index contributed by atoms with van der Waals surface area (Å²) < 4.78 is 6.07. The fourth-order valence-corrected chi connectivity index (χ4v) is 1.54. The highest BCUT2D eigenvalue weighted by Crippen LogP contribution is 2.07. The predicted molar refractivity (Wildman–Crippen MR) is 64.7 cm³/mol. The second-order valence-electron chi connectivity index (χ2n) is 3.66. The number of nitrogens with zero attached hydrogens (tertiary/aromatic N) is 1. The third-order valence-corrected chi connectivity index (χ3v) is 2.51. The monoisotopic (exact) mass is 272 g/mol. The van der Waals surface area contributed by atoms with E-state index in [0.717, 1.165) is 29.9 Å². The molecule has 0 fully saturated rings. The van der Waals surface area contributed by atoms with Gasteiger partial charge in [-0.3, -0.25) is 4.98 Å². The molecule has 0 saturated heterocycles. The Hall–Kier alpha value is -0.450. The van der Waals surface area contributed by atoms with Gasteiger partial charge in [-0.05, 0) is 34.0 Å². The van der Waals surface area contributed by atoms with Gasteiger partial charge in [0, 0.05) is 37.5 Å². The quantitative estimate of drug-likeness (QED) is 0.863. The fraction of sp³-hybridized carbons (Fsp3) is 0.545. The highest BCUT2D eigenvalue weighted by Gasteiger charge is 2.00. The first-order valence-corrected chi connectivity index (χ1v) is 5.81. The summed E-state index contributed by atoms with van der Waals surface area (Å²) in [6, 6.07) is 4.01. The Morgan fingerprint density at radius 1 is 1.53 bits per heavy atom. The van der Waals surface area contributed by atoms with Crippen LogP contribution >= 0.6 is 15.9 Å². The summed E-state index contributed by atoms with van der Waals surface area (Å²) in [6.45, 7) is 4.71. The van der Waals surface area contributed by atoms with Crippen LogP contribution in [0.1, 0.15) is 12.6 Å². The number of ether oxygens (including phenoxy) is 1. The van der Waals surface area contributed by atoms with Crippen molar-refractivity contribution in [3.05, 3.63) is 28.5 Å². The van der Waals surface area contributed by atoms with Crippen LogP contribution in [0.25, 0.3) is 0 Å². The molecule has 0 radical (unpaired) electrons. The molecule has 0 saturated carbocycles.